The summed E-state index contributed by atoms with van der Waals surface area (Å²) >= 11 is 0. The van der Waals surface area contributed by atoms with E-state index in [-0.39, 0.29) is 5.82 Å². The van der Waals surface area contributed by atoms with Gasteiger partial charge in [-0.3, -0.25) is 5.41 Å². The highest BCUT2D eigenvalue weighted by Gasteiger charge is 2.22. The van der Waals surface area contributed by atoms with Gasteiger partial charge < -0.3 is 4.90 Å². The summed E-state index contributed by atoms with van der Waals surface area (Å²) in [6, 6.07) is 6.55. The van der Waals surface area contributed by atoms with Gasteiger partial charge in [-0.15, -0.1) is 0 Å². The molecule has 1 aliphatic rings. The number of anilines is 1. The minimum atomic E-state index is -0.234. The highest BCUT2D eigenvalue weighted by atomic mass is 19.1. The van der Waals surface area contributed by atoms with Gasteiger partial charge in [-0.1, -0.05) is 25.3 Å². The molecule has 1 aliphatic carbocycles. The number of rotatable bonds is 3. The number of hydrogen-bond donors (Lipinski definition) is 1. The maximum Gasteiger partial charge on any atom is 0.125 e. The first-order chi connectivity index (χ1) is 8.72. The van der Waals surface area contributed by atoms with Crippen LogP contribution < -0.4 is 4.90 Å². The minimum absolute atomic E-state index is 0.234. The van der Waals surface area contributed by atoms with Gasteiger partial charge >= 0.3 is 0 Å². The van der Waals surface area contributed by atoms with Crippen molar-refractivity contribution in [2.24, 2.45) is 5.92 Å². The van der Waals surface area contributed by atoms with Crippen molar-refractivity contribution < 1.29 is 4.39 Å². The lowest BCUT2D eigenvalue weighted by atomic mass is 9.88. The second-order valence-corrected chi connectivity index (χ2v) is 4.94. The molecule has 1 saturated carbocycles. The Morgan fingerprint density at radius 2 is 2.06 bits per heavy atom. The van der Waals surface area contributed by atoms with E-state index < -0.39 is 0 Å². The van der Waals surface area contributed by atoms with Crippen LogP contribution in [0.25, 0.3) is 0 Å². The van der Waals surface area contributed by atoms with Gasteiger partial charge in [0.2, 0.25) is 0 Å². The summed E-state index contributed by atoms with van der Waals surface area (Å²) in [5.41, 5.74) is 0.799. The molecular weight excluding hydrogens is 227 g/mol. The number of nitrogens with one attached hydrogen (secondary N) is 1. The smallest absolute Gasteiger partial charge is 0.125 e. The second-order valence-electron chi connectivity index (χ2n) is 4.94. The van der Waals surface area contributed by atoms with Gasteiger partial charge in [0.1, 0.15) is 11.7 Å². The summed E-state index contributed by atoms with van der Waals surface area (Å²) in [7, 11) is 0. The van der Waals surface area contributed by atoms with E-state index in [1.165, 1.54) is 31.4 Å². The van der Waals surface area contributed by atoms with Crippen LogP contribution in [-0.2, 0) is 0 Å². The van der Waals surface area contributed by atoms with Crippen LogP contribution in [0.1, 0.15) is 39.0 Å². The summed E-state index contributed by atoms with van der Waals surface area (Å²) in [6.07, 6.45) is 5.92. The lowest BCUT2D eigenvalue weighted by molar-refractivity contribution is 0.434. The molecule has 0 heterocycles. The van der Waals surface area contributed by atoms with E-state index in [2.05, 4.69) is 0 Å². The van der Waals surface area contributed by atoms with Crippen molar-refractivity contribution >= 4 is 11.5 Å². The molecule has 2 nitrogen and oxygen atoms in total. The Hall–Kier alpha value is -1.38. The predicted molar refractivity (Wildman–Crippen MR) is 73.7 cm³/mol. The first kappa shape index (κ1) is 13.1. The fourth-order valence-electron chi connectivity index (χ4n) is 2.73. The molecule has 1 N–H and O–H groups in total. The molecule has 0 spiro atoms. The highest BCUT2D eigenvalue weighted by Crippen LogP contribution is 2.27. The lowest BCUT2D eigenvalue weighted by Gasteiger charge is -2.31. The predicted octanol–water partition coefficient (Wildman–Crippen LogP) is 4.21. The Morgan fingerprint density at radius 3 is 2.67 bits per heavy atom. The number of benzene rings is 1. The highest BCUT2D eigenvalue weighted by molar-refractivity contribution is 5.97. The number of hydrogen-bond acceptors (Lipinski definition) is 1. The van der Waals surface area contributed by atoms with Gasteiger partial charge in [-0.2, -0.15) is 0 Å². The Kier molecular flexibility index (Phi) is 4.34. The Morgan fingerprint density at radius 1 is 1.33 bits per heavy atom. The van der Waals surface area contributed by atoms with E-state index in [9.17, 15) is 4.39 Å². The van der Waals surface area contributed by atoms with E-state index >= 15 is 0 Å². The number of amidine groups is 1. The zero-order chi connectivity index (χ0) is 13.0. The summed E-state index contributed by atoms with van der Waals surface area (Å²) in [5, 5.41) is 8.35. The molecule has 1 aromatic carbocycles. The van der Waals surface area contributed by atoms with Gasteiger partial charge in [0, 0.05) is 18.2 Å². The molecule has 0 atom stereocenters. The normalized spacial score (nSPS) is 16.6. The van der Waals surface area contributed by atoms with E-state index in [1.54, 1.807) is 6.07 Å². The first-order valence-corrected chi connectivity index (χ1v) is 6.84. The van der Waals surface area contributed by atoms with Gasteiger partial charge in [0.15, 0.2) is 0 Å². The third-order valence-electron chi connectivity index (χ3n) is 3.72. The molecular formula is C15H21FN2. The molecule has 0 aromatic heterocycles. The maximum absolute atomic E-state index is 13.3. The lowest BCUT2D eigenvalue weighted by Crippen LogP contribution is -2.36. The zero-order valence-electron chi connectivity index (χ0n) is 11.0. The van der Waals surface area contributed by atoms with Crippen LogP contribution in [0.4, 0.5) is 10.1 Å². The zero-order valence-corrected chi connectivity index (χ0v) is 11.0. The molecule has 1 aromatic rings. The largest absolute Gasteiger partial charge is 0.330 e. The topological polar surface area (TPSA) is 27.1 Å². The van der Waals surface area contributed by atoms with E-state index in [0.717, 1.165) is 25.1 Å². The van der Waals surface area contributed by atoms with Crippen molar-refractivity contribution in [1.29, 1.82) is 5.41 Å². The van der Waals surface area contributed by atoms with Gasteiger partial charge in [0.25, 0.3) is 0 Å². The van der Waals surface area contributed by atoms with Crippen LogP contribution >= 0.6 is 0 Å². The van der Waals surface area contributed by atoms with E-state index in [1.807, 2.05) is 17.9 Å². The standard InChI is InChI=1S/C15H21FN2/c1-2-18(14-10-6-9-13(16)11-14)15(17)12-7-4-3-5-8-12/h6,9-12,17H,2-5,7-8H2,1H3. The monoisotopic (exact) mass is 248 g/mol. The molecule has 98 valence electrons. The molecule has 2 rings (SSSR count). The fraction of sp³-hybridized carbons (Fsp3) is 0.533. The second kappa shape index (κ2) is 5.98. The first-order valence-electron chi connectivity index (χ1n) is 6.84. The molecule has 18 heavy (non-hydrogen) atoms. The molecule has 0 unspecified atom stereocenters. The van der Waals surface area contributed by atoms with Crippen molar-refractivity contribution in [3.63, 3.8) is 0 Å². The molecule has 0 radical (unpaired) electrons. The average molecular weight is 248 g/mol. The van der Waals surface area contributed by atoms with Crippen LogP contribution in [0.5, 0.6) is 0 Å². The van der Waals surface area contributed by atoms with E-state index in [0.29, 0.717) is 11.8 Å². The van der Waals surface area contributed by atoms with Crippen LogP contribution in [0.15, 0.2) is 24.3 Å². The SMILES string of the molecule is CCN(C(=N)C1CCCCC1)c1cccc(F)c1. The Bertz CT molecular complexity index is 411. The van der Waals surface area contributed by atoms with Crippen molar-refractivity contribution in [2.75, 3.05) is 11.4 Å². The van der Waals surface area contributed by atoms with Crippen LogP contribution in [0.3, 0.4) is 0 Å². The number of nitrogens with zero attached hydrogens (tertiary/aromatic N) is 1. The summed E-state index contributed by atoms with van der Waals surface area (Å²) in [6.45, 7) is 2.74. The number of halogens is 1. The van der Waals surface area contributed by atoms with Crippen LogP contribution in [0.2, 0.25) is 0 Å². The van der Waals surface area contributed by atoms with Gasteiger partial charge in [-0.25, -0.2) is 4.39 Å². The fourth-order valence-corrected chi connectivity index (χ4v) is 2.73. The third-order valence-corrected chi connectivity index (χ3v) is 3.72. The molecule has 3 heteroatoms. The van der Waals surface area contributed by atoms with Gasteiger partial charge in [-0.05, 0) is 38.0 Å². The quantitative estimate of drug-likeness (QED) is 0.629. The Labute approximate surface area is 108 Å². The minimum Gasteiger partial charge on any atom is -0.330 e. The van der Waals surface area contributed by atoms with Crippen molar-refractivity contribution in [3.05, 3.63) is 30.1 Å². The maximum atomic E-state index is 13.3. The van der Waals surface area contributed by atoms with Crippen LogP contribution in [0, 0.1) is 17.1 Å². The van der Waals surface area contributed by atoms with Crippen LogP contribution in [-0.4, -0.2) is 12.4 Å². The molecule has 1 fully saturated rings. The van der Waals surface area contributed by atoms with Crippen molar-refractivity contribution in [1.82, 2.24) is 0 Å². The summed E-state index contributed by atoms with van der Waals surface area (Å²) in [5.74, 6) is 0.771. The Balaban J connectivity index is 2.14. The summed E-state index contributed by atoms with van der Waals surface area (Å²) < 4.78 is 13.3. The molecule has 0 saturated heterocycles. The van der Waals surface area contributed by atoms with E-state index in [4.69, 9.17) is 5.41 Å². The van der Waals surface area contributed by atoms with Gasteiger partial charge in [0.05, 0.1) is 0 Å². The van der Waals surface area contributed by atoms with Crippen molar-refractivity contribution in [3.8, 4) is 0 Å². The molecule has 0 amide bonds. The molecule has 0 aliphatic heterocycles. The summed E-state index contributed by atoms with van der Waals surface area (Å²) in [4.78, 5) is 1.93. The molecule has 0 bridgehead atoms. The average Bonchev–Trinajstić information content (AvgIpc) is 2.40. The third kappa shape index (κ3) is 2.89. The van der Waals surface area contributed by atoms with Crippen molar-refractivity contribution in [2.45, 2.75) is 39.0 Å².